The van der Waals surface area contributed by atoms with E-state index in [2.05, 4.69) is 6.92 Å². The van der Waals surface area contributed by atoms with Crippen LogP contribution in [0.3, 0.4) is 0 Å². The molecule has 9 nitrogen and oxygen atoms in total. The van der Waals surface area contributed by atoms with Crippen LogP contribution in [0.5, 0.6) is 11.5 Å². The number of aliphatic hydroxyl groups excluding tert-OH is 2. The Hall–Kier alpha value is -3.93. The van der Waals surface area contributed by atoms with E-state index in [0.29, 0.717) is 34.8 Å². The molecule has 1 fully saturated rings. The highest BCUT2D eigenvalue weighted by Crippen LogP contribution is 2.47. The van der Waals surface area contributed by atoms with Crippen LogP contribution in [0.25, 0.3) is 6.08 Å². The van der Waals surface area contributed by atoms with Crippen molar-refractivity contribution in [1.29, 1.82) is 0 Å². The van der Waals surface area contributed by atoms with Crippen LogP contribution in [-0.4, -0.2) is 63.6 Å². The maximum atomic E-state index is 14.0. The number of anilines is 1. The van der Waals surface area contributed by atoms with Crippen molar-refractivity contribution in [3.05, 3.63) is 100 Å². The van der Waals surface area contributed by atoms with Gasteiger partial charge in [-0.2, -0.15) is 0 Å². The average Bonchev–Trinajstić information content (AvgIpc) is 3.32. The van der Waals surface area contributed by atoms with Gasteiger partial charge in [0.25, 0.3) is 0 Å². The summed E-state index contributed by atoms with van der Waals surface area (Å²) in [6.45, 7) is 1.65. The molecular weight excluding hydrogens is 621 g/mol. The number of benzene rings is 3. The number of amides is 2. The fraction of sp³-hybridized carbons (Fsp3) is 0.333. The maximum Gasteiger partial charge on any atom is 0.488 e. The summed E-state index contributed by atoms with van der Waals surface area (Å²) in [5.41, 5.74) is 3.30. The van der Waals surface area contributed by atoms with Crippen molar-refractivity contribution in [2.75, 3.05) is 18.1 Å². The van der Waals surface area contributed by atoms with E-state index in [1.165, 1.54) is 24.3 Å². The number of carbonyl (C=O) groups excluding carboxylic acids is 2. The van der Waals surface area contributed by atoms with Crippen molar-refractivity contribution in [2.45, 2.75) is 45.1 Å². The van der Waals surface area contributed by atoms with Crippen molar-refractivity contribution in [3.63, 3.8) is 0 Å². The summed E-state index contributed by atoms with van der Waals surface area (Å²) in [4.78, 5) is 28.9. The van der Waals surface area contributed by atoms with Gasteiger partial charge in [-0.05, 0) is 90.3 Å². The number of aliphatic hydroxyl groups is 2. The van der Waals surface area contributed by atoms with Crippen molar-refractivity contribution in [1.82, 2.24) is 0 Å². The van der Waals surface area contributed by atoms with Crippen molar-refractivity contribution in [3.8, 4) is 11.5 Å². The minimum atomic E-state index is -1.78. The van der Waals surface area contributed by atoms with Gasteiger partial charge >= 0.3 is 7.12 Å². The first kappa shape index (κ1) is 34.4. The van der Waals surface area contributed by atoms with E-state index in [0.717, 1.165) is 28.9 Å². The molecule has 1 aliphatic carbocycles. The van der Waals surface area contributed by atoms with E-state index in [1.807, 2.05) is 24.3 Å². The molecule has 3 aromatic rings. The second kappa shape index (κ2) is 15.3. The number of halogens is 1. The number of hydrogen-bond acceptors (Lipinski definition) is 8. The lowest BCUT2D eigenvalue weighted by Gasteiger charge is -2.36. The lowest BCUT2D eigenvalue weighted by molar-refractivity contribution is -0.123. The molecule has 3 aromatic carbocycles. The lowest BCUT2D eigenvalue weighted by Crippen LogP contribution is -2.40. The second-order valence-corrected chi connectivity index (χ2v) is 12.5. The van der Waals surface area contributed by atoms with Crippen LogP contribution in [0.4, 0.5) is 5.69 Å². The molecule has 5 rings (SSSR count). The number of para-hydroxylation sites is 1. The van der Waals surface area contributed by atoms with Crippen LogP contribution >= 0.6 is 11.6 Å². The number of ether oxygens (including phenoxy) is 1. The first-order valence-corrected chi connectivity index (χ1v) is 16.2. The quantitative estimate of drug-likeness (QED) is 0.104. The minimum absolute atomic E-state index is 0.0601. The zero-order valence-electron chi connectivity index (χ0n) is 26.1. The van der Waals surface area contributed by atoms with Crippen LogP contribution in [0.15, 0.2) is 89.5 Å². The molecule has 0 aromatic heterocycles. The summed E-state index contributed by atoms with van der Waals surface area (Å²) in [5, 5.41) is 52.1. The molecule has 2 aliphatic rings. The summed E-state index contributed by atoms with van der Waals surface area (Å²) in [7, 11) is -1.78. The molecule has 47 heavy (non-hydrogen) atoms. The van der Waals surface area contributed by atoms with Gasteiger partial charge in [-0.15, -0.1) is 0 Å². The smallest absolute Gasteiger partial charge is 0.488 e. The minimum Gasteiger partial charge on any atom is -0.508 e. The summed E-state index contributed by atoms with van der Waals surface area (Å²) >= 11 is 6.37. The zero-order valence-corrected chi connectivity index (χ0v) is 26.9. The summed E-state index contributed by atoms with van der Waals surface area (Å²) in [5.74, 6) is -2.83. The van der Waals surface area contributed by atoms with Gasteiger partial charge in [0.1, 0.15) is 18.1 Å². The molecule has 0 unspecified atom stereocenters. The first-order valence-electron chi connectivity index (χ1n) is 15.8. The zero-order chi connectivity index (χ0) is 33.7. The van der Waals surface area contributed by atoms with Gasteiger partial charge in [-0.25, -0.2) is 0 Å². The Balaban J connectivity index is 1.47. The van der Waals surface area contributed by atoms with Gasteiger partial charge in [0.2, 0.25) is 11.8 Å². The number of hydrogen-bond donors (Lipinski definition) is 5. The average molecular weight is 660 g/mol. The van der Waals surface area contributed by atoms with E-state index in [4.69, 9.17) is 16.3 Å². The standard InChI is InChI=1S/C36H39BClNO8/c1-2-7-22(16-23-13-14-27(41)19-31(23)38)12-15-32(42)33-24(21-47-28-10-4-3-5-11-28)17-29-34(30(33)20-40)36(44)39(35(29)43)26-9-6-8-25(18-26)37(45)46/h3-6,8-11,13-14,16,18-19,29-30,32,34,40-42,45-46H,2,7,12,15,17,20-21H2,1H3/b22-16+/t29-,30+,32-,34-/m1/s1. The topological polar surface area (TPSA) is 148 Å². The number of phenolic OH excluding ortho intramolecular Hbond substituents is 1. The second-order valence-electron chi connectivity index (χ2n) is 12.1. The highest BCUT2D eigenvalue weighted by molar-refractivity contribution is 6.58. The Labute approximate surface area is 279 Å². The molecule has 246 valence electrons. The Bertz CT molecular complexity index is 1660. The third-order valence-corrected chi connectivity index (χ3v) is 9.30. The fourth-order valence-corrected chi connectivity index (χ4v) is 7.01. The van der Waals surface area contributed by atoms with Crippen molar-refractivity contribution < 1.29 is 39.7 Å². The monoisotopic (exact) mass is 659 g/mol. The Morgan fingerprint density at radius 2 is 1.81 bits per heavy atom. The lowest BCUT2D eigenvalue weighted by atomic mass is 9.68. The number of carbonyl (C=O) groups is 2. The number of aromatic hydroxyl groups is 1. The summed E-state index contributed by atoms with van der Waals surface area (Å²) in [6, 6.07) is 19.9. The first-order chi connectivity index (χ1) is 22.6. The predicted molar refractivity (Wildman–Crippen MR) is 181 cm³/mol. The highest BCUT2D eigenvalue weighted by Gasteiger charge is 2.55. The molecule has 2 amide bonds. The molecule has 4 atom stereocenters. The van der Waals surface area contributed by atoms with Gasteiger partial charge in [-0.1, -0.05) is 66.9 Å². The molecule has 1 aliphatic heterocycles. The van der Waals surface area contributed by atoms with Crippen LogP contribution in [0.2, 0.25) is 5.02 Å². The number of fused-ring (bicyclic) bond motifs is 1. The summed E-state index contributed by atoms with van der Waals surface area (Å²) < 4.78 is 6.09. The number of allylic oxidation sites excluding steroid dienone is 1. The number of nitrogens with zero attached hydrogens (tertiary/aromatic N) is 1. The van der Waals surface area contributed by atoms with Crippen LogP contribution in [0.1, 0.15) is 44.6 Å². The normalized spacial score (nSPS) is 20.4. The van der Waals surface area contributed by atoms with Crippen LogP contribution < -0.4 is 15.1 Å². The van der Waals surface area contributed by atoms with Crippen LogP contribution in [-0.2, 0) is 9.59 Å². The molecule has 1 saturated heterocycles. The van der Waals surface area contributed by atoms with E-state index >= 15 is 0 Å². The molecule has 5 N–H and O–H groups in total. The molecule has 0 radical (unpaired) electrons. The van der Waals surface area contributed by atoms with Gasteiger partial charge in [0.05, 0.1) is 35.3 Å². The highest BCUT2D eigenvalue weighted by atomic mass is 35.5. The van der Waals surface area contributed by atoms with E-state index in [1.54, 1.807) is 30.3 Å². The van der Waals surface area contributed by atoms with Crippen molar-refractivity contribution in [2.24, 2.45) is 17.8 Å². The largest absolute Gasteiger partial charge is 0.508 e. The molecule has 1 heterocycles. The van der Waals surface area contributed by atoms with E-state index < -0.39 is 49.4 Å². The van der Waals surface area contributed by atoms with Crippen LogP contribution in [0, 0.1) is 17.8 Å². The van der Waals surface area contributed by atoms with Gasteiger partial charge < -0.3 is 30.1 Å². The Kier molecular flexibility index (Phi) is 11.2. The van der Waals surface area contributed by atoms with E-state index in [9.17, 15) is 35.0 Å². The fourth-order valence-electron chi connectivity index (χ4n) is 6.78. The molecule has 0 spiro atoms. The molecule has 0 saturated carbocycles. The Morgan fingerprint density at radius 1 is 1.04 bits per heavy atom. The summed E-state index contributed by atoms with van der Waals surface area (Å²) in [6.07, 6.45) is 3.49. The predicted octanol–water partition coefficient (Wildman–Crippen LogP) is 4.24. The molecular formula is C36H39BClNO8. The van der Waals surface area contributed by atoms with Gasteiger partial charge in [0.15, 0.2) is 0 Å². The molecule has 0 bridgehead atoms. The van der Waals surface area contributed by atoms with Crippen molar-refractivity contribution >= 4 is 47.8 Å². The van der Waals surface area contributed by atoms with Gasteiger partial charge in [-0.3, -0.25) is 14.5 Å². The Morgan fingerprint density at radius 3 is 2.49 bits per heavy atom. The van der Waals surface area contributed by atoms with E-state index in [-0.39, 0.29) is 29.9 Å². The van der Waals surface area contributed by atoms with Gasteiger partial charge in [0, 0.05) is 5.92 Å². The third kappa shape index (κ3) is 7.64. The maximum absolute atomic E-state index is 14.0. The number of phenols is 1. The molecule has 11 heteroatoms. The SMILES string of the molecule is CCC/C(=C\c1ccc(O)cc1Cl)CC[C@@H](O)C1=C(COc2ccccc2)C[C@H]2C(=O)N(c3cccc(B(O)O)c3)C(=O)[C@H]2[C@H]1CO. The third-order valence-electron chi connectivity index (χ3n) is 8.98. The number of imide groups is 1. The number of rotatable bonds is 13.